The molecule has 2 aliphatic rings. The van der Waals surface area contributed by atoms with Crippen molar-refractivity contribution in [2.24, 2.45) is 0 Å². The summed E-state index contributed by atoms with van der Waals surface area (Å²) in [6.45, 7) is 0.791. The maximum atomic E-state index is 12.6. The number of amides is 1. The Bertz CT molecular complexity index is 719. The highest BCUT2D eigenvalue weighted by Gasteiger charge is 2.21. The van der Waals surface area contributed by atoms with E-state index in [9.17, 15) is 4.79 Å². The van der Waals surface area contributed by atoms with Crippen LogP contribution in [-0.2, 0) is 13.0 Å². The van der Waals surface area contributed by atoms with Crippen molar-refractivity contribution >= 4 is 5.91 Å². The van der Waals surface area contributed by atoms with Crippen molar-refractivity contribution in [2.45, 2.75) is 57.2 Å². The van der Waals surface area contributed by atoms with Crippen molar-refractivity contribution in [2.75, 3.05) is 0 Å². The summed E-state index contributed by atoms with van der Waals surface area (Å²) in [4.78, 5) is 16.9. The fourth-order valence-corrected chi connectivity index (χ4v) is 3.66. The average Bonchev–Trinajstić information content (AvgIpc) is 3.26. The first kappa shape index (κ1) is 15.2. The monoisotopic (exact) mass is 325 g/mol. The van der Waals surface area contributed by atoms with E-state index in [-0.39, 0.29) is 11.9 Å². The third kappa shape index (κ3) is 3.30. The van der Waals surface area contributed by atoms with E-state index >= 15 is 0 Å². The number of hydrogen-bond donors (Lipinski definition) is 1. The highest BCUT2D eigenvalue weighted by molar-refractivity contribution is 5.94. The van der Waals surface area contributed by atoms with Crippen molar-refractivity contribution < 1.29 is 9.53 Å². The molecule has 0 bridgehead atoms. The van der Waals surface area contributed by atoms with Crippen molar-refractivity contribution in [3.05, 3.63) is 48.0 Å². The van der Waals surface area contributed by atoms with Crippen molar-refractivity contribution in [1.82, 2.24) is 14.9 Å². The zero-order valence-corrected chi connectivity index (χ0v) is 13.8. The predicted octanol–water partition coefficient (Wildman–Crippen LogP) is 2.95. The maximum absolute atomic E-state index is 12.6. The van der Waals surface area contributed by atoms with Gasteiger partial charge in [0.25, 0.3) is 5.91 Å². The summed E-state index contributed by atoms with van der Waals surface area (Å²) in [7, 11) is 0. The highest BCUT2D eigenvalue weighted by atomic mass is 16.5. The summed E-state index contributed by atoms with van der Waals surface area (Å²) in [5, 5.41) is 3.14. The van der Waals surface area contributed by atoms with E-state index in [1.807, 2.05) is 36.7 Å². The molecule has 1 saturated carbocycles. The van der Waals surface area contributed by atoms with Gasteiger partial charge in [-0.25, -0.2) is 4.98 Å². The zero-order valence-electron chi connectivity index (χ0n) is 13.8. The lowest BCUT2D eigenvalue weighted by Gasteiger charge is -2.24. The first-order valence-electron chi connectivity index (χ1n) is 8.85. The zero-order chi connectivity index (χ0) is 16.4. The van der Waals surface area contributed by atoms with Gasteiger partial charge in [0.2, 0.25) is 0 Å². The van der Waals surface area contributed by atoms with Crippen LogP contribution >= 0.6 is 0 Å². The van der Waals surface area contributed by atoms with Crippen LogP contribution < -0.4 is 10.1 Å². The fraction of sp³-hybridized carbons (Fsp3) is 0.474. The molecule has 0 spiro atoms. The van der Waals surface area contributed by atoms with Gasteiger partial charge in [-0.15, -0.1) is 0 Å². The maximum Gasteiger partial charge on any atom is 0.251 e. The Balaban J connectivity index is 1.39. The number of rotatable bonds is 4. The summed E-state index contributed by atoms with van der Waals surface area (Å²) >= 11 is 0. The van der Waals surface area contributed by atoms with Crippen molar-refractivity contribution in [1.29, 1.82) is 0 Å². The number of nitrogens with one attached hydrogen (secondary N) is 1. The second-order valence-corrected chi connectivity index (χ2v) is 6.76. The second kappa shape index (κ2) is 6.67. The predicted molar refractivity (Wildman–Crippen MR) is 91.1 cm³/mol. The number of ether oxygens (including phenoxy) is 1. The van der Waals surface area contributed by atoms with Gasteiger partial charge in [0.05, 0.1) is 6.10 Å². The molecule has 5 nitrogen and oxygen atoms in total. The van der Waals surface area contributed by atoms with Crippen LogP contribution in [0.25, 0.3) is 0 Å². The average molecular weight is 325 g/mol. The molecule has 1 amide bonds. The van der Waals surface area contributed by atoms with Gasteiger partial charge >= 0.3 is 0 Å². The Labute approximate surface area is 142 Å². The van der Waals surface area contributed by atoms with Crippen LogP contribution in [0.1, 0.15) is 48.3 Å². The third-order valence-corrected chi connectivity index (χ3v) is 4.97. The molecular weight excluding hydrogens is 302 g/mol. The Kier molecular flexibility index (Phi) is 4.24. The van der Waals surface area contributed by atoms with Gasteiger partial charge in [-0.1, -0.05) is 6.07 Å². The second-order valence-electron chi connectivity index (χ2n) is 6.76. The topological polar surface area (TPSA) is 56.2 Å². The molecule has 0 saturated heterocycles. The van der Waals surface area contributed by atoms with Crippen LogP contribution in [0.4, 0.5) is 0 Å². The molecule has 1 aliphatic carbocycles. The van der Waals surface area contributed by atoms with Gasteiger partial charge in [0.15, 0.2) is 0 Å². The van der Waals surface area contributed by atoms with Crippen LogP contribution in [0.5, 0.6) is 5.75 Å². The number of carbonyl (C=O) groups excluding carboxylic acids is 1. The molecule has 1 aliphatic heterocycles. The molecule has 5 heteroatoms. The van der Waals surface area contributed by atoms with E-state index in [4.69, 9.17) is 4.74 Å². The van der Waals surface area contributed by atoms with Crippen LogP contribution in [-0.4, -0.2) is 27.6 Å². The fourth-order valence-electron chi connectivity index (χ4n) is 3.66. The van der Waals surface area contributed by atoms with E-state index in [1.54, 1.807) is 0 Å². The number of carbonyl (C=O) groups is 1. The van der Waals surface area contributed by atoms with Crippen LogP contribution in [0.15, 0.2) is 36.7 Å². The molecule has 24 heavy (non-hydrogen) atoms. The molecule has 1 aromatic heterocycles. The number of imidazole rings is 1. The molecule has 2 aromatic rings. The lowest BCUT2D eigenvalue weighted by Crippen LogP contribution is -2.40. The summed E-state index contributed by atoms with van der Waals surface area (Å²) in [6.07, 6.45) is 10.7. The lowest BCUT2D eigenvalue weighted by molar-refractivity contribution is 0.0926. The molecule has 1 fully saturated rings. The quantitative estimate of drug-likeness (QED) is 0.940. The molecule has 1 unspecified atom stereocenters. The molecule has 126 valence electrons. The van der Waals surface area contributed by atoms with Gasteiger partial charge in [-0.2, -0.15) is 0 Å². The van der Waals surface area contributed by atoms with Crippen molar-refractivity contribution in [3.63, 3.8) is 0 Å². The van der Waals surface area contributed by atoms with Gasteiger partial charge in [0.1, 0.15) is 11.6 Å². The number of hydrogen-bond acceptors (Lipinski definition) is 3. The summed E-state index contributed by atoms with van der Waals surface area (Å²) in [5.74, 6) is 1.88. The molecule has 1 N–H and O–H groups in total. The number of nitrogens with zero attached hydrogens (tertiary/aromatic N) is 2. The van der Waals surface area contributed by atoms with Crippen molar-refractivity contribution in [3.8, 4) is 5.75 Å². The van der Waals surface area contributed by atoms with Gasteiger partial charge in [0, 0.05) is 37.0 Å². The van der Waals surface area contributed by atoms with E-state index in [0.29, 0.717) is 11.7 Å². The largest absolute Gasteiger partial charge is 0.490 e. The number of benzene rings is 1. The Morgan fingerprint density at radius 1 is 1.25 bits per heavy atom. The first-order chi connectivity index (χ1) is 11.8. The highest BCUT2D eigenvalue weighted by Crippen LogP contribution is 2.24. The van der Waals surface area contributed by atoms with E-state index < -0.39 is 0 Å². The number of aromatic nitrogens is 2. The van der Waals surface area contributed by atoms with E-state index in [2.05, 4.69) is 14.9 Å². The van der Waals surface area contributed by atoms with Crippen LogP contribution in [0.3, 0.4) is 0 Å². The molecule has 1 atom stereocenters. The molecular formula is C19H23N3O2. The Morgan fingerprint density at radius 2 is 2.12 bits per heavy atom. The smallest absolute Gasteiger partial charge is 0.251 e. The van der Waals surface area contributed by atoms with E-state index in [0.717, 1.165) is 43.8 Å². The van der Waals surface area contributed by atoms with Gasteiger partial charge < -0.3 is 14.6 Å². The summed E-state index contributed by atoms with van der Waals surface area (Å²) in [6, 6.07) is 7.70. The normalized spacial score (nSPS) is 20.6. The third-order valence-electron chi connectivity index (χ3n) is 4.97. The van der Waals surface area contributed by atoms with Crippen LogP contribution in [0.2, 0.25) is 0 Å². The minimum Gasteiger partial charge on any atom is -0.490 e. The molecule has 2 heterocycles. The summed E-state index contributed by atoms with van der Waals surface area (Å²) in [5.41, 5.74) is 0.668. The Hall–Kier alpha value is -2.30. The van der Waals surface area contributed by atoms with Gasteiger partial charge in [-0.3, -0.25) is 4.79 Å². The van der Waals surface area contributed by atoms with E-state index in [1.165, 1.54) is 12.8 Å². The first-order valence-corrected chi connectivity index (χ1v) is 8.85. The van der Waals surface area contributed by atoms with Crippen LogP contribution in [0, 0.1) is 0 Å². The SMILES string of the molecule is O=C(NC1CCc2nccn2C1)c1cccc(OC2CCCC2)c1. The molecule has 1 aromatic carbocycles. The lowest BCUT2D eigenvalue weighted by atomic mass is 10.1. The minimum absolute atomic E-state index is 0.0274. The summed E-state index contributed by atoms with van der Waals surface area (Å²) < 4.78 is 8.12. The number of aryl methyl sites for hydroxylation is 1. The number of fused-ring (bicyclic) bond motifs is 1. The minimum atomic E-state index is -0.0274. The molecule has 0 radical (unpaired) electrons. The van der Waals surface area contributed by atoms with Gasteiger partial charge in [-0.05, 0) is 50.3 Å². The standard InChI is InChI=1S/C19H23N3O2/c23-19(21-15-8-9-18-20-10-11-22(18)13-15)14-4-3-7-17(12-14)24-16-5-1-2-6-16/h3-4,7,10-12,15-16H,1-2,5-6,8-9,13H2,(H,21,23). The Morgan fingerprint density at radius 3 is 3.00 bits per heavy atom. The molecule has 4 rings (SSSR count).